The lowest BCUT2D eigenvalue weighted by molar-refractivity contribution is -0.138. The molecule has 0 radical (unpaired) electrons. The van der Waals surface area contributed by atoms with Gasteiger partial charge in [-0.2, -0.15) is 13.2 Å². The zero-order valence-corrected chi connectivity index (χ0v) is 13.8. The lowest BCUT2D eigenvalue weighted by Crippen LogP contribution is -2.57. The highest BCUT2D eigenvalue weighted by Gasteiger charge is 2.38. The van der Waals surface area contributed by atoms with Crippen molar-refractivity contribution in [1.29, 1.82) is 0 Å². The molecule has 0 aromatic heterocycles. The number of hydrogen-bond acceptors (Lipinski definition) is 4. The number of carbonyl (C=O) groups is 2. The third kappa shape index (κ3) is 5.08. The second-order valence-electron chi connectivity index (χ2n) is 5.12. The Bertz CT molecular complexity index is 598. The molecule has 2 unspecified atom stereocenters. The van der Waals surface area contributed by atoms with Crippen LogP contribution in [-0.4, -0.2) is 31.6 Å². The first-order valence-electron chi connectivity index (χ1n) is 6.56. The summed E-state index contributed by atoms with van der Waals surface area (Å²) < 4.78 is 43.1. The van der Waals surface area contributed by atoms with Crippen molar-refractivity contribution in [3.05, 3.63) is 35.4 Å². The van der Waals surface area contributed by atoms with E-state index < -0.39 is 35.1 Å². The molecule has 1 aromatic rings. The Labute approximate surface area is 143 Å². The molecule has 136 valence electrons. The molecule has 0 aliphatic rings. The van der Waals surface area contributed by atoms with Gasteiger partial charge in [-0.15, -0.1) is 12.4 Å². The fourth-order valence-electron chi connectivity index (χ4n) is 1.88. The van der Waals surface area contributed by atoms with Crippen molar-refractivity contribution in [1.82, 2.24) is 5.32 Å². The number of rotatable bonds is 6. The molecule has 0 aliphatic carbocycles. The predicted molar refractivity (Wildman–Crippen MR) is 83.2 cm³/mol. The van der Waals surface area contributed by atoms with Crippen molar-refractivity contribution in [3.63, 3.8) is 0 Å². The lowest BCUT2D eigenvalue weighted by atomic mass is 9.89. The van der Waals surface area contributed by atoms with Gasteiger partial charge in [0.25, 0.3) is 0 Å². The van der Waals surface area contributed by atoms with Gasteiger partial charge in [0.05, 0.1) is 12.2 Å². The first-order valence-corrected chi connectivity index (χ1v) is 6.56. The number of nitrogens with one attached hydrogen (secondary N) is 1. The number of carbonyl (C=O) groups excluding carboxylic acids is 2. The van der Waals surface area contributed by atoms with E-state index in [9.17, 15) is 22.8 Å². The molecular weight excluding hydrogens is 351 g/mol. The number of nitrogens with two attached hydrogens (primary N) is 2. The third-order valence-electron chi connectivity index (χ3n) is 3.32. The summed E-state index contributed by atoms with van der Waals surface area (Å²) in [6, 6.07) is 2.91. The Balaban J connectivity index is 0.00000529. The topological polar surface area (TPSA) is 107 Å². The fraction of sp³-hybridized carbons (Fsp3) is 0.429. The summed E-state index contributed by atoms with van der Waals surface area (Å²) in [6.45, 7) is 1.09. The molecule has 2 atom stereocenters. The smallest absolute Gasteiger partial charge is 0.383 e. The van der Waals surface area contributed by atoms with Gasteiger partial charge in [0.1, 0.15) is 11.6 Å². The number of benzene rings is 1. The molecule has 24 heavy (non-hydrogen) atoms. The molecular formula is C14H19ClF3N3O3. The van der Waals surface area contributed by atoms with Gasteiger partial charge in [-0.1, -0.05) is 12.1 Å². The monoisotopic (exact) mass is 369 g/mol. The van der Waals surface area contributed by atoms with Crippen molar-refractivity contribution < 1.29 is 27.5 Å². The van der Waals surface area contributed by atoms with Crippen LogP contribution in [0.3, 0.4) is 0 Å². The van der Waals surface area contributed by atoms with Crippen LogP contribution in [0.1, 0.15) is 18.1 Å². The van der Waals surface area contributed by atoms with Crippen LogP contribution in [0.15, 0.2) is 24.3 Å². The standard InChI is InChI=1S/C14H18F3N3O3.ClH/c1-13(12(19)22,20-11(21)10(18)7-23-2)8-4-3-5-9(6-8)14(15,16)17;/h3-6,10H,7,18H2,1-2H3,(H2,19,22)(H,20,21);1H. The van der Waals surface area contributed by atoms with Gasteiger partial charge in [-0.25, -0.2) is 0 Å². The van der Waals surface area contributed by atoms with E-state index in [2.05, 4.69) is 5.32 Å². The molecule has 0 bridgehead atoms. The molecule has 10 heteroatoms. The van der Waals surface area contributed by atoms with E-state index in [1.165, 1.54) is 20.1 Å². The Morgan fingerprint density at radius 1 is 1.29 bits per heavy atom. The average Bonchev–Trinajstić information content (AvgIpc) is 2.46. The van der Waals surface area contributed by atoms with Crippen LogP contribution < -0.4 is 16.8 Å². The van der Waals surface area contributed by atoms with Gasteiger partial charge in [0, 0.05) is 7.11 Å². The van der Waals surface area contributed by atoms with Gasteiger partial charge in [-0.05, 0) is 24.6 Å². The second-order valence-corrected chi connectivity index (χ2v) is 5.12. The van der Waals surface area contributed by atoms with Gasteiger partial charge in [0.15, 0.2) is 0 Å². The zero-order valence-electron chi connectivity index (χ0n) is 13.0. The average molecular weight is 370 g/mol. The molecule has 0 aliphatic heterocycles. The Morgan fingerprint density at radius 2 is 1.83 bits per heavy atom. The summed E-state index contributed by atoms with van der Waals surface area (Å²) in [5, 5.41) is 2.29. The van der Waals surface area contributed by atoms with E-state index in [4.69, 9.17) is 16.2 Å². The maximum Gasteiger partial charge on any atom is 0.416 e. The maximum atomic E-state index is 12.8. The second kappa shape index (κ2) is 8.32. The van der Waals surface area contributed by atoms with Gasteiger partial charge < -0.3 is 21.5 Å². The Hall–Kier alpha value is -1.84. The summed E-state index contributed by atoms with van der Waals surface area (Å²) in [4.78, 5) is 23.7. The molecule has 0 saturated heterocycles. The number of hydrogen-bond donors (Lipinski definition) is 3. The molecule has 0 saturated carbocycles. The fourth-order valence-corrected chi connectivity index (χ4v) is 1.88. The Morgan fingerprint density at radius 3 is 2.29 bits per heavy atom. The molecule has 0 spiro atoms. The molecule has 0 heterocycles. The number of methoxy groups -OCH3 is 1. The van der Waals surface area contributed by atoms with Crippen molar-refractivity contribution in [3.8, 4) is 0 Å². The number of alkyl halides is 3. The summed E-state index contributed by atoms with van der Waals surface area (Å²) in [5.41, 5.74) is 7.92. The molecule has 5 N–H and O–H groups in total. The first kappa shape index (κ1) is 22.2. The Kier molecular flexibility index (Phi) is 7.68. The van der Waals surface area contributed by atoms with Crippen LogP contribution in [0, 0.1) is 0 Å². The SMILES string of the molecule is COCC(N)C(=O)NC(C)(C(N)=O)c1cccc(C(F)(F)F)c1.Cl. The molecule has 6 nitrogen and oxygen atoms in total. The normalized spacial score (nSPS) is 14.9. The maximum absolute atomic E-state index is 12.8. The summed E-state index contributed by atoms with van der Waals surface area (Å²) in [7, 11) is 1.33. The van der Waals surface area contributed by atoms with E-state index in [1.807, 2.05) is 0 Å². The number of halogens is 4. The van der Waals surface area contributed by atoms with E-state index in [0.717, 1.165) is 18.2 Å². The van der Waals surface area contributed by atoms with E-state index in [1.54, 1.807) is 0 Å². The van der Waals surface area contributed by atoms with Crippen molar-refractivity contribution in [2.75, 3.05) is 13.7 Å². The minimum Gasteiger partial charge on any atom is -0.383 e. The minimum absolute atomic E-state index is 0. The number of ether oxygens (including phenoxy) is 1. The van der Waals surface area contributed by atoms with E-state index in [0.29, 0.717) is 0 Å². The van der Waals surface area contributed by atoms with Gasteiger partial charge in [-0.3, -0.25) is 9.59 Å². The summed E-state index contributed by atoms with van der Waals surface area (Å²) in [6.07, 6.45) is -4.59. The first-order chi connectivity index (χ1) is 10.5. The number of amides is 2. The van der Waals surface area contributed by atoms with Crippen molar-refractivity contribution >= 4 is 24.2 Å². The highest BCUT2D eigenvalue weighted by Crippen LogP contribution is 2.32. The van der Waals surface area contributed by atoms with E-state index >= 15 is 0 Å². The van der Waals surface area contributed by atoms with E-state index in [-0.39, 0.29) is 24.6 Å². The zero-order chi connectivity index (χ0) is 17.8. The molecule has 1 rings (SSSR count). The van der Waals surface area contributed by atoms with Crippen molar-refractivity contribution in [2.45, 2.75) is 24.7 Å². The highest BCUT2D eigenvalue weighted by molar-refractivity contribution is 5.92. The van der Waals surface area contributed by atoms with Gasteiger partial charge in [0.2, 0.25) is 11.8 Å². The highest BCUT2D eigenvalue weighted by atomic mass is 35.5. The van der Waals surface area contributed by atoms with Crippen LogP contribution in [0.4, 0.5) is 13.2 Å². The van der Waals surface area contributed by atoms with Crippen LogP contribution >= 0.6 is 12.4 Å². The summed E-state index contributed by atoms with van der Waals surface area (Å²) >= 11 is 0. The van der Waals surface area contributed by atoms with Crippen LogP contribution in [0.2, 0.25) is 0 Å². The summed E-state index contributed by atoms with van der Waals surface area (Å²) in [5.74, 6) is -1.79. The lowest BCUT2D eigenvalue weighted by Gasteiger charge is -2.29. The molecule has 2 amide bonds. The number of primary amides is 1. The van der Waals surface area contributed by atoms with Gasteiger partial charge >= 0.3 is 6.18 Å². The van der Waals surface area contributed by atoms with Crippen molar-refractivity contribution in [2.24, 2.45) is 11.5 Å². The minimum atomic E-state index is -4.59. The third-order valence-corrected chi connectivity index (χ3v) is 3.32. The van der Waals surface area contributed by atoms with Crippen LogP contribution in [0.5, 0.6) is 0 Å². The quantitative estimate of drug-likeness (QED) is 0.693. The predicted octanol–water partition coefficient (Wildman–Crippen LogP) is 0.918. The molecule has 1 aromatic carbocycles. The van der Waals surface area contributed by atoms with Crippen LogP contribution in [0.25, 0.3) is 0 Å². The molecule has 0 fully saturated rings. The largest absolute Gasteiger partial charge is 0.416 e. The van der Waals surface area contributed by atoms with Crippen LogP contribution in [-0.2, 0) is 26.0 Å².